The fraction of sp³-hybridized carbons (Fsp3) is 0.292. The Labute approximate surface area is 184 Å². The van der Waals surface area contributed by atoms with Crippen LogP contribution in [0, 0.1) is 12.7 Å². The molecule has 2 aliphatic rings. The molecular formula is C24H23FN6O. The number of pyridine rings is 2. The molecule has 7 nitrogen and oxygen atoms in total. The summed E-state index contributed by atoms with van der Waals surface area (Å²) < 4.78 is 16.0. The Kier molecular flexibility index (Phi) is 4.19. The van der Waals surface area contributed by atoms with Crippen LogP contribution in [0.2, 0.25) is 0 Å². The van der Waals surface area contributed by atoms with Crippen LogP contribution in [0.15, 0.2) is 48.9 Å². The van der Waals surface area contributed by atoms with Crippen LogP contribution in [0.4, 0.5) is 15.8 Å². The minimum atomic E-state index is -0.484. The van der Waals surface area contributed by atoms with E-state index in [2.05, 4.69) is 25.5 Å². The standard InChI is InChI=1S/C24H23FN6O/c1-15-12-31-13-16(11-19(25)22(31)28-15)29-23(32)18-4-5-20(17-3-2-8-26-21(17)18)30-10-9-27-24(14-30)6-7-24/h2-5,8,11-13,27H,6-7,9-10,14H2,1H3,(H,29,32). The molecule has 0 bridgehead atoms. The second-order valence-corrected chi connectivity index (χ2v) is 8.80. The molecule has 1 spiro atoms. The van der Waals surface area contributed by atoms with E-state index in [1.165, 1.54) is 18.9 Å². The highest BCUT2D eigenvalue weighted by atomic mass is 19.1. The van der Waals surface area contributed by atoms with Gasteiger partial charge in [0.2, 0.25) is 0 Å². The van der Waals surface area contributed by atoms with E-state index >= 15 is 0 Å². The molecule has 1 saturated carbocycles. The second kappa shape index (κ2) is 7.00. The molecule has 2 fully saturated rings. The lowest BCUT2D eigenvalue weighted by Crippen LogP contribution is -2.52. The summed E-state index contributed by atoms with van der Waals surface area (Å²) in [5.74, 6) is -0.809. The SMILES string of the molecule is Cc1cn2cc(NC(=O)c3ccc(N4CCNC5(CC5)C4)c4cccnc34)cc(F)c2n1. The lowest BCUT2D eigenvalue weighted by molar-refractivity contribution is 0.102. The van der Waals surface area contributed by atoms with Crippen LogP contribution in [0.3, 0.4) is 0 Å². The summed E-state index contributed by atoms with van der Waals surface area (Å²) in [6.07, 6.45) is 7.49. The summed E-state index contributed by atoms with van der Waals surface area (Å²) in [4.78, 5) is 24.2. The normalized spacial score (nSPS) is 17.2. The number of aromatic nitrogens is 3. The highest BCUT2D eigenvalue weighted by Gasteiger charge is 2.45. The van der Waals surface area contributed by atoms with Gasteiger partial charge in [-0.15, -0.1) is 0 Å². The first-order valence-electron chi connectivity index (χ1n) is 10.9. The van der Waals surface area contributed by atoms with Crippen molar-refractivity contribution in [3.05, 3.63) is 66.0 Å². The van der Waals surface area contributed by atoms with Gasteiger partial charge in [-0.2, -0.15) is 0 Å². The van der Waals surface area contributed by atoms with E-state index in [1.54, 1.807) is 29.9 Å². The molecule has 2 N–H and O–H groups in total. The number of carbonyl (C=O) groups excluding carboxylic acids is 1. The number of hydrogen-bond acceptors (Lipinski definition) is 5. The zero-order valence-corrected chi connectivity index (χ0v) is 17.7. The lowest BCUT2D eigenvalue weighted by atomic mass is 10.0. The maximum Gasteiger partial charge on any atom is 0.257 e. The quantitative estimate of drug-likeness (QED) is 0.520. The number of hydrogen-bond donors (Lipinski definition) is 2. The predicted molar refractivity (Wildman–Crippen MR) is 122 cm³/mol. The Morgan fingerprint density at radius 1 is 1.25 bits per heavy atom. The number of carbonyl (C=O) groups is 1. The second-order valence-electron chi connectivity index (χ2n) is 8.80. The molecule has 1 aliphatic carbocycles. The summed E-state index contributed by atoms with van der Waals surface area (Å²) >= 11 is 0. The molecule has 1 amide bonds. The lowest BCUT2D eigenvalue weighted by Gasteiger charge is -2.36. The van der Waals surface area contributed by atoms with Crippen LogP contribution in [0.1, 0.15) is 28.9 Å². The molecule has 32 heavy (non-hydrogen) atoms. The van der Waals surface area contributed by atoms with Gasteiger partial charge >= 0.3 is 0 Å². The Balaban J connectivity index is 1.35. The molecule has 0 radical (unpaired) electrons. The van der Waals surface area contributed by atoms with Crippen molar-refractivity contribution >= 4 is 33.8 Å². The number of anilines is 2. The number of halogens is 1. The van der Waals surface area contributed by atoms with Crippen LogP contribution >= 0.6 is 0 Å². The van der Waals surface area contributed by atoms with Crippen molar-refractivity contribution in [3.63, 3.8) is 0 Å². The maximum absolute atomic E-state index is 14.4. The maximum atomic E-state index is 14.4. The number of imidazole rings is 1. The Morgan fingerprint density at radius 2 is 2.12 bits per heavy atom. The summed E-state index contributed by atoms with van der Waals surface area (Å²) in [6, 6.07) is 9.02. The van der Waals surface area contributed by atoms with E-state index in [0.717, 1.165) is 30.7 Å². The molecule has 6 rings (SSSR count). The fourth-order valence-corrected chi connectivity index (χ4v) is 4.71. The summed E-state index contributed by atoms with van der Waals surface area (Å²) in [5.41, 5.74) is 3.76. The third kappa shape index (κ3) is 3.18. The smallest absolute Gasteiger partial charge is 0.257 e. The van der Waals surface area contributed by atoms with Crippen LogP contribution in [-0.4, -0.2) is 45.4 Å². The third-order valence-electron chi connectivity index (χ3n) is 6.45. The van der Waals surface area contributed by atoms with E-state index in [1.807, 2.05) is 24.3 Å². The molecule has 3 aromatic heterocycles. The number of benzene rings is 1. The predicted octanol–water partition coefficient (Wildman–Crippen LogP) is 3.52. The van der Waals surface area contributed by atoms with Gasteiger partial charge in [0, 0.05) is 60.9 Å². The Bertz CT molecular complexity index is 1380. The van der Waals surface area contributed by atoms with Gasteiger partial charge in [-0.25, -0.2) is 9.37 Å². The van der Waals surface area contributed by atoms with E-state index in [0.29, 0.717) is 22.5 Å². The van der Waals surface area contributed by atoms with Crippen LogP contribution in [0.25, 0.3) is 16.6 Å². The van der Waals surface area contributed by atoms with Crippen molar-refractivity contribution in [2.45, 2.75) is 25.3 Å². The first kappa shape index (κ1) is 19.2. The molecule has 4 heterocycles. The zero-order chi connectivity index (χ0) is 21.9. The van der Waals surface area contributed by atoms with Crippen molar-refractivity contribution in [1.29, 1.82) is 0 Å². The van der Waals surface area contributed by atoms with Gasteiger partial charge in [0.25, 0.3) is 5.91 Å². The molecule has 0 atom stereocenters. The molecule has 162 valence electrons. The Morgan fingerprint density at radius 3 is 2.97 bits per heavy atom. The summed E-state index contributed by atoms with van der Waals surface area (Å²) in [6.45, 7) is 4.63. The van der Waals surface area contributed by atoms with E-state index in [4.69, 9.17) is 0 Å². The largest absolute Gasteiger partial charge is 0.368 e. The molecule has 1 aliphatic heterocycles. The van der Waals surface area contributed by atoms with Gasteiger partial charge in [0.05, 0.1) is 22.5 Å². The number of piperazine rings is 1. The number of nitrogens with one attached hydrogen (secondary N) is 2. The van der Waals surface area contributed by atoms with Gasteiger partial charge in [-0.05, 0) is 44.0 Å². The molecular weight excluding hydrogens is 407 g/mol. The number of nitrogens with zero attached hydrogens (tertiary/aromatic N) is 4. The number of amides is 1. The summed E-state index contributed by atoms with van der Waals surface area (Å²) in [7, 11) is 0. The number of rotatable bonds is 3. The fourth-order valence-electron chi connectivity index (χ4n) is 4.71. The van der Waals surface area contributed by atoms with E-state index in [9.17, 15) is 9.18 Å². The summed E-state index contributed by atoms with van der Waals surface area (Å²) in [5, 5.41) is 7.41. The van der Waals surface area contributed by atoms with Crippen molar-refractivity contribution in [1.82, 2.24) is 19.7 Å². The van der Waals surface area contributed by atoms with Crippen molar-refractivity contribution < 1.29 is 9.18 Å². The minimum absolute atomic E-state index is 0.237. The molecule has 1 aromatic carbocycles. The minimum Gasteiger partial charge on any atom is -0.368 e. The monoisotopic (exact) mass is 430 g/mol. The number of aryl methyl sites for hydroxylation is 1. The first-order valence-corrected chi connectivity index (χ1v) is 10.9. The molecule has 0 unspecified atom stereocenters. The van der Waals surface area contributed by atoms with Crippen molar-refractivity contribution in [2.24, 2.45) is 0 Å². The highest BCUT2D eigenvalue weighted by molar-refractivity contribution is 6.13. The van der Waals surface area contributed by atoms with Crippen LogP contribution in [-0.2, 0) is 0 Å². The first-order chi connectivity index (χ1) is 15.5. The van der Waals surface area contributed by atoms with Crippen LogP contribution in [0.5, 0.6) is 0 Å². The van der Waals surface area contributed by atoms with Crippen LogP contribution < -0.4 is 15.5 Å². The topological polar surface area (TPSA) is 74.6 Å². The van der Waals surface area contributed by atoms with Gasteiger partial charge in [-0.1, -0.05) is 0 Å². The highest BCUT2D eigenvalue weighted by Crippen LogP contribution is 2.40. The molecule has 1 saturated heterocycles. The number of fused-ring (bicyclic) bond motifs is 2. The van der Waals surface area contributed by atoms with Gasteiger partial charge in [0.15, 0.2) is 11.5 Å². The molecule has 4 aromatic rings. The average molecular weight is 430 g/mol. The van der Waals surface area contributed by atoms with E-state index in [-0.39, 0.29) is 17.1 Å². The van der Waals surface area contributed by atoms with Gasteiger partial charge in [0.1, 0.15) is 0 Å². The molecule has 8 heteroatoms. The third-order valence-corrected chi connectivity index (χ3v) is 6.45. The van der Waals surface area contributed by atoms with Crippen molar-refractivity contribution in [2.75, 3.05) is 29.9 Å². The average Bonchev–Trinajstić information content (AvgIpc) is 3.41. The van der Waals surface area contributed by atoms with E-state index < -0.39 is 5.82 Å². The zero-order valence-electron chi connectivity index (χ0n) is 17.7. The van der Waals surface area contributed by atoms with Gasteiger partial charge in [-0.3, -0.25) is 9.78 Å². The Hall–Kier alpha value is -3.52. The van der Waals surface area contributed by atoms with Gasteiger partial charge < -0.3 is 19.9 Å². The van der Waals surface area contributed by atoms with Crippen molar-refractivity contribution in [3.8, 4) is 0 Å².